The molecule has 0 radical (unpaired) electrons. The molecule has 5 heteroatoms. The van der Waals surface area contributed by atoms with Crippen LogP contribution in [0.1, 0.15) is 46.1 Å². The van der Waals surface area contributed by atoms with Gasteiger partial charge in [0, 0.05) is 11.7 Å². The number of aromatic nitrogens is 3. The van der Waals surface area contributed by atoms with E-state index in [1.807, 2.05) is 39.8 Å². The molecule has 0 fully saturated rings. The van der Waals surface area contributed by atoms with Crippen molar-refractivity contribution >= 4 is 0 Å². The zero-order chi connectivity index (χ0) is 15.0. The van der Waals surface area contributed by atoms with Crippen molar-refractivity contribution in [1.82, 2.24) is 15.1 Å². The highest BCUT2D eigenvalue weighted by molar-refractivity contribution is 5.54. The molecule has 2 N–H and O–H groups in total. The fraction of sp³-hybridized carbons (Fsp3) is 0.533. The second-order valence-electron chi connectivity index (χ2n) is 6.13. The van der Waals surface area contributed by atoms with Gasteiger partial charge in [0.25, 0.3) is 0 Å². The SMILES string of the molecule is CCc1cccnc1-c1noc(C(C)(C)C(C)(C)N)n1. The van der Waals surface area contributed by atoms with Gasteiger partial charge >= 0.3 is 0 Å². The van der Waals surface area contributed by atoms with Gasteiger partial charge < -0.3 is 10.3 Å². The van der Waals surface area contributed by atoms with Crippen LogP contribution in [0.3, 0.4) is 0 Å². The first-order valence-electron chi connectivity index (χ1n) is 6.84. The van der Waals surface area contributed by atoms with Gasteiger partial charge in [-0.1, -0.05) is 18.1 Å². The van der Waals surface area contributed by atoms with Crippen LogP contribution in [0.5, 0.6) is 0 Å². The minimum absolute atomic E-state index is 0.417. The van der Waals surface area contributed by atoms with Crippen LogP contribution in [0.4, 0.5) is 0 Å². The Kier molecular flexibility index (Phi) is 3.65. The highest BCUT2D eigenvalue weighted by atomic mass is 16.5. The van der Waals surface area contributed by atoms with Crippen LogP contribution in [0.2, 0.25) is 0 Å². The zero-order valence-electron chi connectivity index (χ0n) is 12.8. The van der Waals surface area contributed by atoms with E-state index in [1.165, 1.54) is 0 Å². The Morgan fingerprint density at radius 1 is 1.25 bits per heavy atom. The lowest BCUT2D eigenvalue weighted by atomic mass is 9.75. The molecule has 0 aromatic carbocycles. The van der Waals surface area contributed by atoms with Crippen LogP contribution in [0.15, 0.2) is 22.9 Å². The fourth-order valence-electron chi connectivity index (χ4n) is 1.77. The average molecular weight is 274 g/mol. The molecule has 0 saturated carbocycles. The maximum absolute atomic E-state index is 6.21. The van der Waals surface area contributed by atoms with Crippen molar-refractivity contribution in [3.05, 3.63) is 29.8 Å². The molecule has 0 amide bonds. The summed E-state index contributed by atoms with van der Waals surface area (Å²) in [6.07, 6.45) is 2.61. The number of pyridine rings is 1. The van der Waals surface area contributed by atoms with Gasteiger partial charge in [0.2, 0.25) is 11.7 Å². The summed E-state index contributed by atoms with van der Waals surface area (Å²) < 4.78 is 5.43. The number of rotatable bonds is 4. The maximum atomic E-state index is 6.21. The molecular formula is C15H22N4O. The number of hydrogen-bond acceptors (Lipinski definition) is 5. The zero-order valence-corrected chi connectivity index (χ0v) is 12.8. The topological polar surface area (TPSA) is 77.8 Å². The van der Waals surface area contributed by atoms with Gasteiger partial charge in [-0.05, 0) is 45.7 Å². The van der Waals surface area contributed by atoms with Crippen molar-refractivity contribution < 1.29 is 4.52 Å². The highest BCUT2D eigenvalue weighted by Gasteiger charge is 2.40. The maximum Gasteiger partial charge on any atom is 0.234 e. The molecule has 2 aromatic heterocycles. The Hall–Kier alpha value is -1.75. The molecule has 0 aliphatic heterocycles. The lowest BCUT2D eigenvalue weighted by Crippen LogP contribution is -2.50. The van der Waals surface area contributed by atoms with Gasteiger partial charge in [-0.25, -0.2) is 0 Å². The van der Waals surface area contributed by atoms with Gasteiger partial charge in [-0.2, -0.15) is 4.98 Å². The van der Waals surface area contributed by atoms with E-state index in [1.54, 1.807) is 6.20 Å². The van der Waals surface area contributed by atoms with Gasteiger partial charge in [-0.3, -0.25) is 4.98 Å². The molecule has 0 spiro atoms. The molecule has 2 heterocycles. The molecule has 0 unspecified atom stereocenters. The molecule has 2 aromatic rings. The summed E-state index contributed by atoms with van der Waals surface area (Å²) in [5, 5.41) is 4.07. The fourth-order valence-corrected chi connectivity index (χ4v) is 1.77. The van der Waals surface area contributed by atoms with Crippen LogP contribution < -0.4 is 5.73 Å². The van der Waals surface area contributed by atoms with Gasteiger partial charge in [-0.15, -0.1) is 0 Å². The Morgan fingerprint density at radius 2 is 1.95 bits per heavy atom. The van der Waals surface area contributed by atoms with Crippen molar-refractivity contribution in [3.8, 4) is 11.5 Å². The monoisotopic (exact) mass is 274 g/mol. The summed E-state index contributed by atoms with van der Waals surface area (Å²) >= 11 is 0. The molecular weight excluding hydrogens is 252 g/mol. The molecule has 0 saturated heterocycles. The lowest BCUT2D eigenvalue weighted by molar-refractivity contribution is 0.223. The predicted octanol–water partition coefficient (Wildman–Crippen LogP) is 2.71. The minimum Gasteiger partial charge on any atom is -0.338 e. The Morgan fingerprint density at radius 3 is 2.55 bits per heavy atom. The minimum atomic E-state index is -0.464. The Balaban J connectivity index is 2.44. The first-order chi connectivity index (χ1) is 9.27. The molecule has 0 atom stereocenters. The van der Waals surface area contributed by atoms with E-state index < -0.39 is 11.0 Å². The number of nitrogens with two attached hydrogens (primary N) is 1. The molecule has 20 heavy (non-hydrogen) atoms. The smallest absolute Gasteiger partial charge is 0.234 e. The molecule has 0 aliphatic rings. The molecule has 0 bridgehead atoms. The van der Waals surface area contributed by atoms with E-state index in [0.717, 1.165) is 17.7 Å². The Bertz CT molecular complexity index is 596. The summed E-state index contributed by atoms with van der Waals surface area (Å²) in [4.78, 5) is 8.87. The number of nitrogens with zero attached hydrogens (tertiary/aromatic N) is 3. The largest absolute Gasteiger partial charge is 0.338 e. The van der Waals surface area contributed by atoms with Crippen molar-refractivity contribution in [3.63, 3.8) is 0 Å². The summed E-state index contributed by atoms with van der Waals surface area (Å²) in [5.74, 6) is 1.06. The van der Waals surface area contributed by atoms with Crippen LogP contribution >= 0.6 is 0 Å². The third kappa shape index (κ3) is 2.45. The summed E-state index contributed by atoms with van der Waals surface area (Å²) in [6.45, 7) is 9.99. The van der Waals surface area contributed by atoms with Crippen molar-refractivity contribution in [2.75, 3.05) is 0 Å². The third-order valence-electron chi connectivity index (χ3n) is 4.06. The first-order valence-corrected chi connectivity index (χ1v) is 6.84. The quantitative estimate of drug-likeness (QED) is 0.927. The number of hydrogen-bond donors (Lipinski definition) is 1. The molecule has 108 valence electrons. The van der Waals surface area contributed by atoms with E-state index in [-0.39, 0.29) is 0 Å². The highest BCUT2D eigenvalue weighted by Crippen LogP contribution is 2.33. The van der Waals surface area contributed by atoms with Crippen LogP contribution in [0, 0.1) is 0 Å². The van der Waals surface area contributed by atoms with Crippen LogP contribution in [0.25, 0.3) is 11.5 Å². The summed E-state index contributed by atoms with van der Waals surface area (Å²) in [6, 6.07) is 3.94. The summed E-state index contributed by atoms with van der Waals surface area (Å²) in [7, 11) is 0. The van der Waals surface area contributed by atoms with Crippen LogP contribution in [-0.4, -0.2) is 20.7 Å². The van der Waals surface area contributed by atoms with E-state index in [2.05, 4.69) is 22.0 Å². The van der Waals surface area contributed by atoms with Gasteiger partial charge in [0.15, 0.2) is 0 Å². The van der Waals surface area contributed by atoms with E-state index in [9.17, 15) is 0 Å². The second-order valence-corrected chi connectivity index (χ2v) is 6.13. The second kappa shape index (κ2) is 4.98. The average Bonchev–Trinajstić information content (AvgIpc) is 2.87. The van der Waals surface area contributed by atoms with Crippen LogP contribution in [-0.2, 0) is 11.8 Å². The predicted molar refractivity (Wildman–Crippen MR) is 78.2 cm³/mol. The molecule has 5 nitrogen and oxygen atoms in total. The van der Waals surface area contributed by atoms with E-state index in [0.29, 0.717) is 11.7 Å². The van der Waals surface area contributed by atoms with E-state index >= 15 is 0 Å². The summed E-state index contributed by atoms with van der Waals surface area (Å²) in [5.41, 5.74) is 7.20. The van der Waals surface area contributed by atoms with Crippen molar-refractivity contribution in [2.24, 2.45) is 5.73 Å². The molecule has 0 aliphatic carbocycles. The van der Waals surface area contributed by atoms with Crippen molar-refractivity contribution in [1.29, 1.82) is 0 Å². The first kappa shape index (κ1) is 14.7. The van der Waals surface area contributed by atoms with Crippen molar-refractivity contribution in [2.45, 2.75) is 52.0 Å². The standard InChI is InChI=1S/C15H22N4O/c1-6-10-8-7-9-17-11(10)12-18-13(20-19-12)14(2,3)15(4,5)16/h7-9H,6,16H2,1-5H3. The Labute approximate surface area is 119 Å². The normalized spacial score (nSPS) is 12.7. The third-order valence-corrected chi connectivity index (χ3v) is 4.06. The lowest BCUT2D eigenvalue weighted by Gasteiger charge is -2.34. The van der Waals surface area contributed by atoms with E-state index in [4.69, 9.17) is 10.3 Å². The number of aryl methyl sites for hydroxylation is 1. The van der Waals surface area contributed by atoms with Gasteiger partial charge in [0.05, 0.1) is 5.41 Å². The molecule has 2 rings (SSSR count). The van der Waals surface area contributed by atoms with Gasteiger partial charge in [0.1, 0.15) is 5.69 Å².